The number of aliphatic hydroxyl groups excluding tert-OH is 4. The molecule has 0 spiro atoms. The summed E-state index contributed by atoms with van der Waals surface area (Å²) in [5.41, 5.74) is 0. The molecular formula is C6H9NaO7. The molecule has 0 aliphatic rings. The Balaban J connectivity index is 0. The molecule has 0 aliphatic heterocycles. The molecule has 0 radical (unpaired) electrons. The molecule has 0 amide bonds. The van der Waals surface area contributed by atoms with E-state index in [1.54, 1.807) is 0 Å². The molecule has 0 aliphatic carbocycles. The smallest absolute Gasteiger partial charge is 0.547 e. The van der Waals surface area contributed by atoms with E-state index in [0.717, 1.165) is 0 Å². The van der Waals surface area contributed by atoms with Crippen LogP contribution in [0.15, 0.2) is 0 Å². The third kappa shape index (κ3) is 4.47. The molecule has 0 aromatic carbocycles. The van der Waals surface area contributed by atoms with Crippen LogP contribution in [0, 0.1) is 0 Å². The Morgan fingerprint density at radius 2 is 1.57 bits per heavy atom. The van der Waals surface area contributed by atoms with Crippen LogP contribution >= 0.6 is 0 Å². The largest absolute Gasteiger partial charge is 1.00 e. The topological polar surface area (TPSA) is 138 Å². The van der Waals surface area contributed by atoms with E-state index in [-0.39, 0.29) is 35.8 Å². The summed E-state index contributed by atoms with van der Waals surface area (Å²) in [6, 6.07) is 0. The number of hydrogen-bond donors (Lipinski definition) is 4. The van der Waals surface area contributed by atoms with Gasteiger partial charge in [-0.2, -0.15) is 0 Å². The van der Waals surface area contributed by atoms with E-state index in [0.29, 0.717) is 0 Å². The van der Waals surface area contributed by atoms with Crippen molar-refractivity contribution in [2.75, 3.05) is 0 Å². The molecule has 0 bridgehead atoms. The third-order valence-electron chi connectivity index (χ3n) is 1.40. The second kappa shape index (κ2) is 7.30. The summed E-state index contributed by atoms with van der Waals surface area (Å²) in [6.45, 7) is 0. The van der Waals surface area contributed by atoms with Crippen molar-refractivity contribution in [3.63, 3.8) is 0 Å². The van der Waals surface area contributed by atoms with Gasteiger partial charge in [0.15, 0.2) is 6.29 Å². The fourth-order valence-corrected chi connectivity index (χ4v) is 0.609. The molecule has 0 unspecified atom stereocenters. The number of carboxylic acid groups (broad SMARTS) is 1. The molecule has 0 saturated carbocycles. The number of carboxylic acids is 1. The molecule has 0 heterocycles. The third-order valence-corrected chi connectivity index (χ3v) is 1.40. The van der Waals surface area contributed by atoms with Gasteiger partial charge in [-0.25, -0.2) is 0 Å². The second-order valence-corrected chi connectivity index (χ2v) is 2.37. The van der Waals surface area contributed by atoms with Gasteiger partial charge in [-0.3, -0.25) is 0 Å². The second-order valence-electron chi connectivity index (χ2n) is 2.37. The van der Waals surface area contributed by atoms with E-state index in [9.17, 15) is 14.7 Å². The summed E-state index contributed by atoms with van der Waals surface area (Å²) in [5, 5.41) is 44.8. The van der Waals surface area contributed by atoms with Crippen molar-refractivity contribution < 1.29 is 64.7 Å². The van der Waals surface area contributed by atoms with Crippen LogP contribution in [-0.4, -0.2) is 57.1 Å². The summed E-state index contributed by atoms with van der Waals surface area (Å²) >= 11 is 0. The maximum absolute atomic E-state index is 9.95. The van der Waals surface area contributed by atoms with Crippen LogP contribution < -0.4 is 34.7 Å². The zero-order chi connectivity index (χ0) is 10.6. The van der Waals surface area contributed by atoms with Crippen LogP contribution in [0.2, 0.25) is 0 Å². The van der Waals surface area contributed by atoms with Crippen LogP contribution in [0.1, 0.15) is 0 Å². The van der Waals surface area contributed by atoms with Gasteiger partial charge in [-0.1, -0.05) is 0 Å². The summed E-state index contributed by atoms with van der Waals surface area (Å²) in [6.07, 6.45) is -8.65. The van der Waals surface area contributed by atoms with Crippen LogP contribution in [0.5, 0.6) is 0 Å². The van der Waals surface area contributed by atoms with Gasteiger partial charge in [-0.05, 0) is 0 Å². The van der Waals surface area contributed by atoms with Gasteiger partial charge in [0.25, 0.3) is 0 Å². The molecule has 7 nitrogen and oxygen atoms in total. The number of carbonyl (C=O) groups is 2. The number of aliphatic hydroxyl groups is 4. The Bertz CT molecular complexity index is 197. The van der Waals surface area contributed by atoms with Gasteiger partial charge in [-0.15, -0.1) is 0 Å². The molecule has 14 heavy (non-hydrogen) atoms. The van der Waals surface area contributed by atoms with E-state index >= 15 is 0 Å². The minimum atomic E-state index is -2.36. The first-order valence-corrected chi connectivity index (χ1v) is 3.30. The number of aldehydes is 1. The van der Waals surface area contributed by atoms with Gasteiger partial charge in [0.2, 0.25) is 0 Å². The van der Waals surface area contributed by atoms with E-state index in [2.05, 4.69) is 0 Å². The number of rotatable bonds is 5. The average molecular weight is 216 g/mol. The van der Waals surface area contributed by atoms with Gasteiger partial charge in [0.1, 0.15) is 24.4 Å². The Kier molecular flexibility index (Phi) is 8.55. The van der Waals surface area contributed by atoms with E-state index in [1.807, 2.05) is 0 Å². The van der Waals surface area contributed by atoms with Gasteiger partial charge in [0.05, 0.1) is 5.97 Å². The monoisotopic (exact) mass is 216 g/mol. The van der Waals surface area contributed by atoms with E-state index < -0.39 is 30.4 Å². The average Bonchev–Trinajstić information content (AvgIpc) is 2.12. The minimum Gasteiger partial charge on any atom is -0.547 e. The van der Waals surface area contributed by atoms with Crippen molar-refractivity contribution in [1.82, 2.24) is 0 Å². The SMILES string of the molecule is O=C[C@@H](O)[C@H](O)[C@@H](O)[C@H](O)C(=O)[O-].[Na+]. The number of carbonyl (C=O) groups excluding carboxylic acids is 2. The Hall–Kier alpha value is -0.0200. The van der Waals surface area contributed by atoms with Crippen molar-refractivity contribution in [3.8, 4) is 0 Å². The first-order valence-electron chi connectivity index (χ1n) is 3.30. The van der Waals surface area contributed by atoms with Gasteiger partial charge < -0.3 is 35.1 Å². The molecule has 0 aromatic heterocycles. The fraction of sp³-hybridized carbons (Fsp3) is 0.667. The standard InChI is InChI=1S/C6H10O7.Na/c7-1-2(8)3(9)4(10)5(11)6(12)13;/h1-5,8-11H,(H,12,13);/q;+1/p-1/t2-,3+,4-,5+;/m1./s1. The molecule has 0 saturated heterocycles. The quantitative estimate of drug-likeness (QED) is 0.264. The number of aliphatic carboxylic acids is 1. The van der Waals surface area contributed by atoms with Crippen LogP contribution in [-0.2, 0) is 9.59 Å². The predicted octanol–water partition coefficient (Wildman–Crippen LogP) is -7.62. The molecular weight excluding hydrogens is 207 g/mol. The van der Waals surface area contributed by atoms with Crippen LogP contribution in [0.3, 0.4) is 0 Å². The van der Waals surface area contributed by atoms with Crippen LogP contribution in [0.25, 0.3) is 0 Å². The van der Waals surface area contributed by atoms with Gasteiger partial charge in [0, 0.05) is 0 Å². The molecule has 4 N–H and O–H groups in total. The Morgan fingerprint density at radius 3 is 1.86 bits per heavy atom. The first kappa shape index (κ1) is 16.4. The number of hydrogen-bond acceptors (Lipinski definition) is 7. The maximum Gasteiger partial charge on any atom is 1.00 e. The maximum atomic E-state index is 9.95. The molecule has 4 atom stereocenters. The zero-order valence-corrected chi connectivity index (χ0v) is 9.40. The summed E-state index contributed by atoms with van der Waals surface area (Å²) in [7, 11) is 0. The molecule has 8 heteroatoms. The summed E-state index contributed by atoms with van der Waals surface area (Å²) in [5.74, 6) is -2.01. The predicted molar refractivity (Wildman–Crippen MR) is 35.1 cm³/mol. The van der Waals surface area contributed by atoms with Gasteiger partial charge >= 0.3 is 29.6 Å². The normalized spacial score (nSPS) is 18.6. The molecule has 76 valence electrons. The minimum absolute atomic E-state index is 0. The summed E-state index contributed by atoms with van der Waals surface area (Å²) in [4.78, 5) is 19.8. The molecule has 0 aromatic rings. The fourth-order valence-electron chi connectivity index (χ4n) is 0.609. The van der Waals surface area contributed by atoms with E-state index in [4.69, 9.17) is 20.4 Å². The first-order chi connectivity index (χ1) is 5.91. The van der Waals surface area contributed by atoms with Crippen molar-refractivity contribution >= 4 is 12.3 Å². The van der Waals surface area contributed by atoms with Crippen LogP contribution in [0.4, 0.5) is 0 Å². The zero-order valence-electron chi connectivity index (χ0n) is 7.40. The van der Waals surface area contributed by atoms with Crippen molar-refractivity contribution in [2.24, 2.45) is 0 Å². The van der Waals surface area contributed by atoms with E-state index in [1.165, 1.54) is 0 Å². The molecule has 0 rings (SSSR count). The van der Waals surface area contributed by atoms with Crippen molar-refractivity contribution in [2.45, 2.75) is 24.4 Å². The summed E-state index contributed by atoms with van der Waals surface area (Å²) < 4.78 is 0. The molecule has 0 fully saturated rings. The van der Waals surface area contributed by atoms with Crippen molar-refractivity contribution in [3.05, 3.63) is 0 Å². The Labute approximate surface area is 101 Å². The Morgan fingerprint density at radius 1 is 1.14 bits per heavy atom. The van der Waals surface area contributed by atoms with Crippen molar-refractivity contribution in [1.29, 1.82) is 0 Å².